The molecule has 0 amide bonds. The van der Waals surface area contributed by atoms with Crippen molar-refractivity contribution in [1.29, 1.82) is 0 Å². The summed E-state index contributed by atoms with van der Waals surface area (Å²) in [4.78, 5) is 14.9. The van der Waals surface area contributed by atoms with Crippen LogP contribution in [0.3, 0.4) is 0 Å². The van der Waals surface area contributed by atoms with Crippen LogP contribution in [0.1, 0.15) is 13.8 Å². The molecule has 5 rings (SSSR count). The minimum atomic E-state index is 0. The van der Waals surface area contributed by atoms with Crippen molar-refractivity contribution in [2.24, 2.45) is 0 Å². The number of ether oxygens (including phenoxy) is 2. The molecule has 0 fully saturated rings. The van der Waals surface area contributed by atoms with E-state index in [0.717, 1.165) is 45.1 Å². The van der Waals surface area contributed by atoms with E-state index in [1.165, 1.54) is 0 Å². The van der Waals surface area contributed by atoms with Crippen LogP contribution in [0.4, 0.5) is 0 Å². The van der Waals surface area contributed by atoms with Gasteiger partial charge in [-0.1, -0.05) is 30.3 Å². The molecule has 1 radical (unpaired) electrons. The van der Waals surface area contributed by atoms with Crippen LogP contribution in [0.25, 0.3) is 45.1 Å². The molecule has 10 heteroatoms. The van der Waals surface area contributed by atoms with Gasteiger partial charge >= 0.3 is 18.6 Å². The Labute approximate surface area is 241 Å². The van der Waals surface area contributed by atoms with Gasteiger partial charge < -0.3 is 43.4 Å². The maximum Gasteiger partial charge on any atom is 2.00 e. The number of para-hydroxylation sites is 4. The molecule has 0 atom stereocenters. The van der Waals surface area contributed by atoms with Crippen LogP contribution < -0.4 is 24.8 Å². The molecule has 0 N–H and O–H groups in total. The van der Waals surface area contributed by atoms with Gasteiger partial charge in [0.05, 0.1) is 35.3 Å². The van der Waals surface area contributed by atoms with Crippen molar-refractivity contribution in [3.05, 3.63) is 66.7 Å². The second kappa shape index (κ2) is 14.5. The summed E-state index contributed by atoms with van der Waals surface area (Å²) in [6.07, 6.45) is 0. The summed E-state index contributed by atoms with van der Waals surface area (Å²) in [5.41, 5.74) is 5.68. The molecule has 3 aromatic heterocycles. The SMILES string of the molecule is CCOCCn1c(-c2cccc(-c3nc4ccccc4n3CCOCC)n2)nc2ccccc21.[Cl-].[Cl-].[V+2]. The first-order chi connectivity index (χ1) is 16.8. The Morgan fingerprint density at radius 1 is 0.595 bits per heavy atom. The van der Waals surface area contributed by atoms with E-state index in [1.807, 2.05) is 68.4 Å². The van der Waals surface area contributed by atoms with E-state index in [2.05, 4.69) is 21.3 Å². The summed E-state index contributed by atoms with van der Waals surface area (Å²) in [5.74, 6) is 1.67. The second-order valence-corrected chi connectivity index (χ2v) is 7.95. The molecule has 0 bridgehead atoms. The van der Waals surface area contributed by atoms with Crippen molar-refractivity contribution in [1.82, 2.24) is 24.1 Å². The third kappa shape index (κ3) is 6.55. The van der Waals surface area contributed by atoms with Gasteiger partial charge in [-0.15, -0.1) is 0 Å². The Morgan fingerprint density at radius 2 is 1.03 bits per heavy atom. The number of fused-ring (bicyclic) bond motifs is 2. The van der Waals surface area contributed by atoms with Crippen LogP contribution in [0.2, 0.25) is 0 Å². The maximum atomic E-state index is 5.64. The van der Waals surface area contributed by atoms with Crippen LogP contribution in [0.15, 0.2) is 66.7 Å². The molecule has 0 saturated carbocycles. The van der Waals surface area contributed by atoms with Gasteiger partial charge in [0.1, 0.15) is 11.4 Å². The molecular formula is C27H29Cl2N5O2V. The van der Waals surface area contributed by atoms with E-state index in [0.29, 0.717) is 39.5 Å². The van der Waals surface area contributed by atoms with Gasteiger partial charge in [0, 0.05) is 26.3 Å². The van der Waals surface area contributed by atoms with Gasteiger partial charge in [0.2, 0.25) is 0 Å². The van der Waals surface area contributed by atoms with Crippen molar-refractivity contribution in [3.63, 3.8) is 0 Å². The third-order valence-corrected chi connectivity index (χ3v) is 5.84. The molecule has 0 unspecified atom stereocenters. The summed E-state index contributed by atoms with van der Waals surface area (Å²) in [7, 11) is 0. The second-order valence-electron chi connectivity index (χ2n) is 7.95. The molecule has 0 spiro atoms. The van der Waals surface area contributed by atoms with E-state index >= 15 is 0 Å². The summed E-state index contributed by atoms with van der Waals surface area (Å²) >= 11 is 0. The zero-order valence-corrected chi connectivity index (χ0v) is 23.8. The average Bonchev–Trinajstić information content (AvgIpc) is 3.43. The summed E-state index contributed by atoms with van der Waals surface area (Å²) in [5, 5.41) is 0. The Hall–Kier alpha value is -2.39. The molecule has 193 valence electrons. The maximum absolute atomic E-state index is 5.64. The first-order valence-electron chi connectivity index (χ1n) is 11.8. The van der Waals surface area contributed by atoms with Crippen molar-refractivity contribution < 1.29 is 52.8 Å². The molecule has 5 aromatic rings. The van der Waals surface area contributed by atoms with Crippen LogP contribution >= 0.6 is 0 Å². The Kier molecular flexibility index (Phi) is 12.1. The number of aromatic nitrogens is 5. The molecule has 0 aliphatic heterocycles. The van der Waals surface area contributed by atoms with E-state index < -0.39 is 0 Å². The predicted octanol–water partition coefficient (Wildman–Crippen LogP) is -0.806. The van der Waals surface area contributed by atoms with Gasteiger partial charge in [-0.05, 0) is 50.2 Å². The molecular weight excluding hydrogens is 548 g/mol. The Morgan fingerprint density at radius 3 is 1.46 bits per heavy atom. The number of benzene rings is 2. The Bertz CT molecular complexity index is 1320. The van der Waals surface area contributed by atoms with Crippen LogP contribution in [-0.2, 0) is 41.1 Å². The number of rotatable bonds is 10. The smallest absolute Gasteiger partial charge is 1.00 e. The van der Waals surface area contributed by atoms with E-state index in [9.17, 15) is 0 Å². The first kappa shape index (κ1) is 30.8. The topological polar surface area (TPSA) is 67.0 Å². The van der Waals surface area contributed by atoms with Gasteiger partial charge in [-0.2, -0.15) is 0 Å². The molecule has 0 saturated heterocycles. The molecule has 0 aliphatic rings. The number of hydrogen-bond acceptors (Lipinski definition) is 5. The van der Waals surface area contributed by atoms with E-state index in [-0.39, 0.29) is 43.4 Å². The molecule has 0 aliphatic carbocycles. The van der Waals surface area contributed by atoms with Gasteiger partial charge in [-0.25, -0.2) is 15.0 Å². The quantitative estimate of drug-likeness (QED) is 0.204. The minimum Gasteiger partial charge on any atom is -1.00 e. The average molecular weight is 577 g/mol. The van der Waals surface area contributed by atoms with Crippen molar-refractivity contribution in [2.45, 2.75) is 26.9 Å². The third-order valence-electron chi connectivity index (χ3n) is 5.84. The molecule has 3 heterocycles. The predicted molar refractivity (Wildman–Crippen MR) is 135 cm³/mol. The van der Waals surface area contributed by atoms with Gasteiger partial charge in [-0.3, -0.25) is 0 Å². The van der Waals surface area contributed by atoms with Gasteiger partial charge in [0.15, 0.2) is 11.6 Å². The van der Waals surface area contributed by atoms with Crippen molar-refractivity contribution >= 4 is 22.1 Å². The fourth-order valence-corrected chi connectivity index (χ4v) is 4.28. The molecule has 7 nitrogen and oxygen atoms in total. The zero-order valence-electron chi connectivity index (χ0n) is 20.8. The Balaban J connectivity index is 0.00000160. The summed E-state index contributed by atoms with van der Waals surface area (Å²) in [6, 6.07) is 22.4. The number of hydrogen-bond donors (Lipinski definition) is 0. The van der Waals surface area contributed by atoms with Crippen LogP contribution in [0, 0.1) is 0 Å². The number of halogens is 2. The van der Waals surface area contributed by atoms with E-state index in [1.54, 1.807) is 0 Å². The molecule has 2 aromatic carbocycles. The van der Waals surface area contributed by atoms with Crippen molar-refractivity contribution in [3.8, 4) is 23.0 Å². The van der Waals surface area contributed by atoms with Crippen molar-refractivity contribution in [2.75, 3.05) is 26.4 Å². The van der Waals surface area contributed by atoms with E-state index in [4.69, 9.17) is 24.4 Å². The minimum absolute atomic E-state index is 0. The summed E-state index contributed by atoms with van der Waals surface area (Å²) < 4.78 is 15.7. The summed E-state index contributed by atoms with van der Waals surface area (Å²) in [6.45, 7) is 8.06. The number of pyridine rings is 1. The normalized spacial score (nSPS) is 10.6. The standard InChI is InChI=1S/C27H29N5O2.2ClH.V/c1-3-33-18-16-31-24-14-7-5-10-20(24)29-26(31)22-12-9-13-23(28-22)27-30-21-11-6-8-15-25(21)32(27)17-19-34-4-2;;;/h5-15H,3-4,16-19H2,1-2H3;2*1H;/q;;;+2/p-2. The fraction of sp³-hybridized carbons (Fsp3) is 0.296. The van der Waals surface area contributed by atoms with Gasteiger partial charge in [0.25, 0.3) is 0 Å². The van der Waals surface area contributed by atoms with Crippen LogP contribution in [-0.4, -0.2) is 50.5 Å². The number of nitrogens with zero attached hydrogens (tertiary/aromatic N) is 5. The monoisotopic (exact) mass is 576 g/mol. The molecule has 37 heavy (non-hydrogen) atoms. The largest absolute Gasteiger partial charge is 2.00 e. The number of imidazole rings is 2. The zero-order chi connectivity index (χ0) is 23.3. The fourth-order valence-electron chi connectivity index (χ4n) is 4.28. The first-order valence-corrected chi connectivity index (χ1v) is 11.8. The van der Waals surface area contributed by atoms with Crippen LogP contribution in [0.5, 0.6) is 0 Å².